The van der Waals surface area contributed by atoms with Crippen molar-refractivity contribution < 1.29 is 38.1 Å². The number of rotatable bonds is 17. The van der Waals surface area contributed by atoms with E-state index >= 15 is 0 Å². The fraction of sp³-hybridized carbons (Fsp3) is 0.343. The van der Waals surface area contributed by atoms with Crippen molar-refractivity contribution in [1.82, 2.24) is 0 Å². The average Bonchev–Trinajstić information content (AvgIpc) is 3.01. The first kappa shape index (κ1) is 32.9. The number of aryl methyl sites for hydroxylation is 1. The number of benzene rings is 3. The van der Waals surface area contributed by atoms with E-state index in [0.29, 0.717) is 47.8 Å². The second-order valence-corrected chi connectivity index (χ2v) is 10.1. The Kier molecular flexibility index (Phi) is 13.3. The molecule has 43 heavy (non-hydrogen) atoms. The fourth-order valence-corrected chi connectivity index (χ4v) is 4.06. The van der Waals surface area contributed by atoms with E-state index in [4.69, 9.17) is 23.7 Å². The van der Waals surface area contributed by atoms with Crippen molar-refractivity contribution in [3.05, 3.63) is 95.6 Å². The predicted octanol–water partition coefficient (Wildman–Crippen LogP) is 7.53. The van der Waals surface area contributed by atoms with Crippen LogP contribution in [-0.4, -0.2) is 38.2 Å². The second kappa shape index (κ2) is 17.4. The molecule has 0 bridgehead atoms. The van der Waals surface area contributed by atoms with Crippen molar-refractivity contribution in [3.8, 4) is 23.0 Å². The highest BCUT2D eigenvalue weighted by atomic mass is 16.5. The highest BCUT2D eigenvalue weighted by Crippen LogP contribution is 2.29. The molecule has 0 saturated carbocycles. The summed E-state index contributed by atoms with van der Waals surface area (Å²) >= 11 is 0. The molecule has 0 fully saturated rings. The molecule has 0 radical (unpaired) electrons. The summed E-state index contributed by atoms with van der Waals surface area (Å²) < 4.78 is 27.2. The lowest BCUT2D eigenvalue weighted by molar-refractivity contribution is -0.139. The minimum absolute atomic E-state index is 0.271. The van der Waals surface area contributed by atoms with Crippen molar-refractivity contribution in [3.63, 3.8) is 0 Å². The Balaban J connectivity index is 1.47. The molecule has 3 aromatic rings. The van der Waals surface area contributed by atoms with Crippen LogP contribution in [0.15, 0.2) is 78.9 Å². The van der Waals surface area contributed by atoms with Crippen LogP contribution in [0.2, 0.25) is 0 Å². The van der Waals surface area contributed by atoms with E-state index in [1.165, 1.54) is 50.1 Å². The number of methoxy groups -OCH3 is 1. The first-order valence-corrected chi connectivity index (χ1v) is 14.6. The van der Waals surface area contributed by atoms with Gasteiger partial charge in [0.2, 0.25) is 0 Å². The third kappa shape index (κ3) is 11.0. The van der Waals surface area contributed by atoms with Crippen molar-refractivity contribution in [2.24, 2.45) is 0 Å². The molecule has 3 aromatic carbocycles. The number of carbonyl (C=O) groups excluding carboxylic acids is 3. The summed E-state index contributed by atoms with van der Waals surface area (Å²) in [6, 6.07) is 18.5. The Morgan fingerprint density at radius 1 is 0.698 bits per heavy atom. The molecule has 0 saturated heterocycles. The fourth-order valence-electron chi connectivity index (χ4n) is 4.06. The van der Waals surface area contributed by atoms with Crippen molar-refractivity contribution in [2.75, 3.05) is 20.3 Å². The number of carbonyl (C=O) groups is 3. The topological polar surface area (TPSA) is 97.4 Å². The molecule has 0 aliphatic heterocycles. The van der Waals surface area contributed by atoms with Crippen LogP contribution < -0.4 is 18.9 Å². The normalized spacial score (nSPS) is 10.5. The molecule has 8 nitrogen and oxygen atoms in total. The summed E-state index contributed by atoms with van der Waals surface area (Å²) in [4.78, 5) is 36.8. The number of hydrogen-bond donors (Lipinski definition) is 0. The van der Waals surface area contributed by atoms with Gasteiger partial charge < -0.3 is 23.7 Å². The van der Waals surface area contributed by atoms with Gasteiger partial charge in [-0.1, -0.05) is 44.9 Å². The van der Waals surface area contributed by atoms with Gasteiger partial charge in [0.15, 0.2) is 11.5 Å². The number of esters is 3. The van der Waals surface area contributed by atoms with E-state index in [-0.39, 0.29) is 17.9 Å². The molecular formula is C35H40O8. The quantitative estimate of drug-likeness (QED) is 0.0691. The van der Waals surface area contributed by atoms with Gasteiger partial charge in [-0.3, -0.25) is 0 Å². The first-order chi connectivity index (χ1) is 20.8. The lowest BCUT2D eigenvalue weighted by Crippen LogP contribution is -2.11. The summed E-state index contributed by atoms with van der Waals surface area (Å²) in [5.74, 6) is 0.112. The Bertz CT molecular complexity index is 1360. The standard InChI is InChI=1S/C35H40O8/c1-5-6-7-8-11-26-12-17-29(18-13-26)42-34(37)27-14-19-30(20-15-27)43-35(38)28-16-21-31(32(24-28)39-4)40-22-9-10-23-41-33(36)25(2)3/h12-21,24H,2,5-11,22-23H2,1,3-4H3. The molecular weight excluding hydrogens is 548 g/mol. The molecule has 0 aliphatic carbocycles. The lowest BCUT2D eigenvalue weighted by atomic mass is 10.1. The molecule has 0 unspecified atom stereocenters. The Morgan fingerprint density at radius 3 is 1.93 bits per heavy atom. The van der Waals surface area contributed by atoms with E-state index in [1.54, 1.807) is 43.3 Å². The molecule has 0 heterocycles. The van der Waals surface area contributed by atoms with Crippen LogP contribution in [-0.2, 0) is 16.0 Å². The summed E-state index contributed by atoms with van der Waals surface area (Å²) in [7, 11) is 1.48. The average molecular weight is 589 g/mol. The van der Waals surface area contributed by atoms with E-state index in [0.717, 1.165) is 12.8 Å². The summed E-state index contributed by atoms with van der Waals surface area (Å²) in [6.45, 7) is 8.00. The van der Waals surface area contributed by atoms with Gasteiger partial charge in [0.1, 0.15) is 11.5 Å². The van der Waals surface area contributed by atoms with Crippen molar-refractivity contribution in [1.29, 1.82) is 0 Å². The van der Waals surface area contributed by atoms with E-state index in [1.807, 2.05) is 12.1 Å². The molecule has 0 aliphatic rings. The smallest absolute Gasteiger partial charge is 0.343 e. The van der Waals surface area contributed by atoms with Gasteiger partial charge >= 0.3 is 17.9 Å². The maximum absolute atomic E-state index is 12.8. The zero-order valence-electron chi connectivity index (χ0n) is 25.2. The van der Waals surface area contributed by atoms with Crippen molar-refractivity contribution >= 4 is 17.9 Å². The van der Waals surface area contributed by atoms with E-state index in [9.17, 15) is 14.4 Å². The van der Waals surface area contributed by atoms with Gasteiger partial charge in [-0.15, -0.1) is 0 Å². The van der Waals surface area contributed by atoms with Crippen LogP contribution in [0, 0.1) is 0 Å². The highest BCUT2D eigenvalue weighted by Gasteiger charge is 2.15. The molecule has 228 valence electrons. The van der Waals surface area contributed by atoms with Gasteiger partial charge in [0.05, 0.1) is 31.5 Å². The molecule has 8 heteroatoms. The first-order valence-electron chi connectivity index (χ1n) is 14.6. The summed E-state index contributed by atoms with van der Waals surface area (Å²) in [5, 5.41) is 0. The predicted molar refractivity (Wildman–Crippen MR) is 164 cm³/mol. The van der Waals surface area contributed by atoms with Crippen LogP contribution in [0.1, 0.15) is 78.7 Å². The Labute approximate surface area is 253 Å². The minimum Gasteiger partial charge on any atom is -0.493 e. The van der Waals surface area contributed by atoms with Gasteiger partial charge in [-0.25, -0.2) is 14.4 Å². The Morgan fingerprint density at radius 2 is 1.30 bits per heavy atom. The maximum Gasteiger partial charge on any atom is 0.343 e. The molecule has 0 N–H and O–H groups in total. The van der Waals surface area contributed by atoms with Gasteiger partial charge in [0, 0.05) is 5.57 Å². The maximum atomic E-state index is 12.8. The number of unbranched alkanes of at least 4 members (excludes halogenated alkanes) is 4. The highest BCUT2D eigenvalue weighted by molar-refractivity contribution is 5.93. The lowest BCUT2D eigenvalue weighted by Gasteiger charge is -2.12. The minimum atomic E-state index is -0.589. The SMILES string of the molecule is C=C(C)C(=O)OCCCCOc1ccc(C(=O)Oc2ccc(C(=O)Oc3ccc(CCCCCC)cc3)cc2)cc1OC. The monoisotopic (exact) mass is 588 g/mol. The van der Waals surface area contributed by atoms with E-state index < -0.39 is 17.9 Å². The molecule has 0 amide bonds. The number of ether oxygens (including phenoxy) is 5. The van der Waals surface area contributed by atoms with Crippen LogP contribution >= 0.6 is 0 Å². The zero-order chi connectivity index (χ0) is 31.0. The van der Waals surface area contributed by atoms with Crippen LogP contribution in [0.4, 0.5) is 0 Å². The van der Waals surface area contributed by atoms with Crippen molar-refractivity contribution in [2.45, 2.75) is 58.8 Å². The third-order valence-corrected chi connectivity index (χ3v) is 6.53. The third-order valence-electron chi connectivity index (χ3n) is 6.53. The molecule has 0 spiro atoms. The molecule has 3 rings (SSSR count). The zero-order valence-corrected chi connectivity index (χ0v) is 25.2. The Hall–Kier alpha value is -4.59. The molecule has 0 atom stereocenters. The number of hydrogen-bond acceptors (Lipinski definition) is 8. The summed E-state index contributed by atoms with van der Waals surface area (Å²) in [6.07, 6.45) is 7.12. The van der Waals surface area contributed by atoms with E-state index in [2.05, 4.69) is 13.5 Å². The van der Waals surface area contributed by atoms with Gasteiger partial charge in [-0.05, 0) is 92.8 Å². The van der Waals surface area contributed by atoms with Crippen LogP contribution in [0.3, 0.4) is 0 Å². The van der Waals surface area contributed by atoms with Gasteiger partial charge in [0.25, 0.3) is 0 Å². The summed E-state index contributed by atoms with van der Waals surface area (Å²) in [5.41, 5.74) is 2.19. The second-order valence-electron chi connectivity index (χ2n) is 10.1. The van der Waals surface area contributed by atoms with Gasteiger partial charge in [-0.2, -0.15) is 0 Å². The molecule has 0 aromatic heterocycles. The largest absolute Gasteiger partial charge is 0.493 e. The van der Waals surface area contributed by atoms with Crippen LogP contribution in [0.5, 0.6) is 23.0 Å². The van der Waals surface area contributed by atoms with Crippen LogP contribution in [0.25, 0.3) is 0 Å².